The van der Waals surface area contributed by atoms with Crippen molar-refractivity contribution in [2.75, 3.05) is 12.8 Å². The molecule has 0 saturated heterocycles. The molecule has 5 rings (SSSR count). The standard InChI is InChI=1S/C24H25N3O2S/c1-26(21-12-6-8-16-7-2-3-9-18(16)21)22(28)15-30-24-25-20-11-5-4-10-19(20)23(29)27(24)17-13-14-17/h2-5,7,9-11,17,21H,6,8,12-15H2,1H3/t21-/m0/s1. The van der Waals surface area contributed by atoms with E-state index in [1.807, 2.05) is 36.2 Å². The second kappa shape index (κ2) is 7.91. The predicted octanol–water partition coefficient (Wildman–Crippen LogP) is 4.36. The molecular weight excluding hydrogens is 394 g/mol. The van der Waals surface area contributed by atoms with Crippen molar-refractivity contribution in [3.05, 3.63) is 70.0 Å². The maximum absolute atomic E-state index is 13.1. The van der Waals surface area contributed by atoms with Crippen molar-refractivity contribution in [1.82, 2.24) is 14.5 Å². The zero-order valence-corrected chi connectivity index (χ0v) is 17.9. The summed E-state index contributed by atoms with van der Waals surface area (Å²) in [6, 6.07) is 16.2. The maximum Gasteiger partial charge on any atom is 0.262 e. The molecule has 0 unspecified atom stereocenters. The molecule has 2 aliphatic carbocycles. The zero-order valence-electron chi connectivity index (χ0n) is 17.1. The van der Waals surface area contributed by atoms with Gasteiger partial charge in [-0.1, -0.05) is 48.2 Å². The van der Waals surface area contributed by atoms with Crippen molar-refractivity contribution in [2.45, 2.75) is 49.3 Å². The molecule has 0 N–H and O–H groups in total. The van der Waals surface area contributed by atoms with Crippen LogP contribution in [0.15, 0.2) is 58.5 Å². The Balaban J connectivity index is 1.38. The number of carbonyl (C=O) groups is 1. The minimum absolute atomic E-state index is 0.00705. The minimum atomic E-state index is 0.00705. The van der Waals surface area contributed by atoms with Crippen LogP contribution in [0.3, 0.4) is 0 Å². The molecule has 1 saturated carbocycles. The molecule has 1 fully saturated rings. The summed E-state index contributed by atoms with van der Waals surface area (Å²) in [6.45, 7) is 0. The summed E-state index contributed by atoms with van der Waals surface area (Å²) in [5.74, 6) is 0.360. The lowest BCUT2D eigenvalue weighted by Gasteiger charge is -2.33. The van der Waals surface area contributed by atoms with E-state index in [0.717, 1.165) is 32.1 Å². The Hall–Kier alpha value is -2.60. The lowest BCUT2D eigenvalue weighted by atomic mass is 9.87. The minimum Gasteiger partial charge on any atom is -0.338 e. The smallest absolute Gasteiger partial charge is 0.262 e. The molecule has 0 bridgehead atoms. The SMILES string of the molecule is CN(C(=O)CSc1nc2ccccc2c(=O)n1C1CC1)[C@H]1CCCc2ccccc21. The lowest BCUT2D eigenvalue weighted by molar-refractivity contribution is -0.129. The van der Waals surface area contributed by atoms with Crippen LogP contribution in [0.2, 0.25) is 0 Å². The van der Waals surface area contributed by atoms with E-state index in [9.17, 15) is 9.59 Å². The Morgan fingerprint density at radius 3 is 2.73 bits per heavy atom. The summed E-state index contributed by atoms with van der Waals surface area (Å²) in [5.41, 5.74) is 3.32. The fraction of sp³-hybridized carbons (Fsp3) is 0.375. The number of thioether (sulfide) groups is 1. The molecule has 1 heterocycles. The summed E-state index contributed by atoms with van der Waals surface area (Å²) in [7, 11) is 1.90. The van der Waals surface area contributed by atoms with Crippen LogP contribution >= 0.6 is 11.8 Å². The molecule has 5 nitrogen and oxygen atoms in total. The van der Waals surface area contributed by atoms with E-state index in [1.54, 1.807) is 4.57 Å². The number of para-hydroxylation sites is 1. The normalized spacial score (nSPS) is 18.2. The average molecular weight is 420 g/mol. The molecule has 1 atom stereocenters. The van der Waals surface area contributed by atoms with Gasteiger partial charge in [-0.15, -0.1) is 0 Å². The first-order valence-electron chi connectivity index (χ1n) is 10.6. The van der Waals surface area contributed by atoms with E-state index in [0.29, 0.717) is 16.1 Å². The van der Waals surface area contributed by atoms with Gasteiger partial charge in [0.15, 0.2) is 5.16 Å². The van der Waals surface area contributed by atoms with E-state index in [4.69, 9.17) is 4.98 Å². The largest absolute Gasteiger partial charge is 0.338 e. The van der Waals surface area contributed by atoms with Crippen LogP contribution in [-0.2, 0) is 11.2 Å². The molecule has 0 spiro atoms. The highest BCUT2D eigenvalue weighted by Gasteiger charge is 2.30. The summed E-state index contributed by atoms with van der Waals surface area (Å²) in [4.78, 5) is 32.7. The van der Waals surface area contributed by atoms with E-state index >= 15 is 0 Å². The number of hydrogen-bond donors (Lipinski definition) is 0. The third kappa shape index (κ3) is 3.54. The van der Waals surface area contributed by atoms with Gasteiger partial charge in [0.1, 0.15) is 0 Å². The summed E-state index contributed by atoms with van der Waals surface area (Å²) >= 11 is 1.39. The van der Waals surface area contributed by atoms with Gasteiger partial charge in [-0.25, -0.2) is 4.98 Å². The van der Waals surface area contributed by atoms with Gasteiger partial charge < -0.3 is 4.90 Å². The fourth-order valence-electron chi connectivity index (χ4n) is 4.41. The molecular formula is C24H25N3O2S. The van der Waals surface area contributed by atoms with E-state index < -0.39 is 0 Å². The monoisotopic (exact) mass is 419 g/mol. The van der Waals surface area contributed by atoms with Crippen molar-refractivity contribution >= 4 is 28.6 Å². The molecule has 3 aromatic rings. The van der Waals surface area contributed by atoms with Crippen LogP contribution in [-0.4, -0.2) is 33.2 Å². The molecule has 6 heteroatoms. The summed E-state index contributed by atoms with van der Waals surface area (Å²) in [6.07, 6.45) is 5.17. The number of carbonyl (C=O) groups excluding carboxylic acids is 1. The van der Waals surface area contributed by atoms with Gasteiger partial charge in [-0.2, -0.15) is 0 Å². The Labute approximate surface area is 180 Å². The highest BCUT2D eigenvalue weighted by atomic mass is 32.2. The number of amides is 1. The first kappa shape index (κ1) is 19.4. The zero-order chi connectivity index (χ0) is 20.7. The highest BCUT2D eigenvalue weighted by molar-refractivity contribution is 7.99. The molecule has 154 valence electrons. The van der Waals surface area contributed by atoms with Gasteiger partial charge >= 0.3 is 0 Å². The number of nitrogens with zero attached hydrogens (tertiary/aromatic N) is 3. The first-order chi connectivity index (χ1) is 14.6. The highest BCUT2D eigenvalue weighted by Crippen LogP contribution is 2.37. The second-order valence-electron chi connectivity index (χ2n) is 8.22. The Morgan fingerprint density at radius 2 is 1.90 bits per heavy atom. The third-order valence-electron chi connectivity index (χ3n) is 6.21. The van der Waals surface area contributed by atoms with Crippen LogP contribution < -0.4 is 5.56 Å². The van der Waals surface area contributed by atoms with Crippen LogP contribution in [0.1, 0.15) is 48.9 Å². The quantitative estimate of drug-likeness (QED) is 0.455. The molecule has 30 heavy (non-hydrogen) atoms. The van der Waals surface area contributed by atoms with Gasteiger partial charge in [0, 0.05) is 13.1 Å². The number of benzene rings is 2. The first-order valence-corrected chi connectivity index (χ1v) is 11.6. The Morgan fingerprint density at radius 1 is 1.13 bits per heavy atom. The number of hydrogen-bond acceptors (Lipinski definition) is 4. The Kier molecular flexibility index (Phi) is 5.11. The second-order valence-corrected chi connectivity index (χ2v) is 9.16. The predicted molar refractivity (Wildman–Crippen MR) is 120 cm³/mol. The average Bonchev–Trinajstić information content (AvgIpc) is 3.61. The molecule has 1 amide bonds. The van der Waals surface area contributed by atoms with Gasteiger partial charge in [-0.05, 0) is 55.4 Å². The van der Waals surface area contributed by atoms with Gasteiger partial charge in [0.25, 0.3) is 5.56 Å². The molecule has 2 aliphatic rings. The topological polar surface area (TPSA) is 55.2 Å². The van der Waals surface area contributed by atoms with Crippen molar-refractivity contribution in [3.8, 4) is 0 Å². The number of aromatic nitrogens is 2. The van der Waals surface area contributed by atoms with Crippen LogP contribution in [0.25, 0.3) is 10.9 Å². The lowest BCUT2D eigenvalue weighted by Crippen LogP contribution is -2.34. The van der Waals surface area contributed by atoms with Crippen molar-refractivity contribution in [3.63, 3.8) is 0 Å². The van der Waals surface area contributed by atoms with Crippen LogP contribution in [0.5, 0.6) is 0 Å². The van der Waals surface area contributed by atoms with Gasteiger partial charge in [-0.3, -0.25) is 14.2 Å². The van der Waals surface area contributed by atoms with E-state index in [-0.39, 0.29) is 29.3 Å². The van der Waals surface area contributed by atoms with Gasteiger partial charge in [0.05, 0.1) is 22.7 Å². The van der Waals surface area contributed by atoms with Crippen molar-refractivity contribution in [1.29, 1.82) is 0 Å². The third-order valence-corrected chi connectivity index (χ3v) is 7.15. The number of fused-ring (bicyclic) bond motifs is 2. The number of rotatable bonds is 5. The van der Waals surface area contributed by atoms with Crippen LogP contribution in [0.4, 0.5) is 0 Å². The van der Waals surface area contributed by atoms with E-state index in [2.05, 4.69) is 24.3 Å². The molecule has 2 aromatic carbocycles. The van der Waals surface area contributed by atoms with Crippen molar-refractivity contribution in [2.24, 2.45) is 0 Å². The fourth-order valence-corrected chi connectivity index (χ4v) is 5.40. The molecule has 0 aliphatic heterocycles. The summed E-state index contributed by atoms with van der Waals surface area (Å²) < 4.78 is 1.80. The summed E-state index contributed by atoms with van der Waals surface area (Å²) in [5, 5.41) is 1.31. The van der Waals surface area contributed by atoms with E-state index in [1.165, 1.54) is 22.9 Å². The van der Waals surface area contributed by atoms with Crippen molar-refractivity contribution < 1.29 is 4.79 Å². The number of aryl methyl sites for hydroxylation is 1. The van der Waals surface area contributed by atoms with Gasteiger partial charge in [0.2, 0.25) is 5.91 Å². The molecule has 1 aromatic heterocycles. The molecule has 0 radical (unpaired) electrons. The maximum atomic E-state index is 13.1. The van der Waals surface area contributed by atoms with Crippen LogP contribution in [0, 0.1) is 0 Å². The Bertz CT molecular complexity index is 1170.